The number of carbonyl (C=O) groups is 1. The van der Waals surface area contributed by atoms with Crippen molar-refractivity contribution in [3.05, 3.63) is 0 Å². The molecule has 1 unspecified atom stereocenters. The van der Waals surface area contributed by atoms with Crippen LogP contribution >= 0.6 is 12.2 Å². The largest absolute Gasteiger partial charge is 0.467 e. The molecule has 4 heteroatoms. The molecular weight excluding hydrogens is 174 g/mol. The number of methoxy groups -OCH3 is 1. The first-order chi connectivity index (χ1) is 5.63. The van der Waals surface area contributed by atoms with Gasteiger partial charge in [0.05, 0.1) is 7.11 Å². The van der Waals surface area contributed by atoms with Gasteiger partial charge >= 0.3 is 5.97 Å². The zero-order chi connectivity index (χ0) is 9.56. The average molecular weight is 187 g/mol. The Morgan fingerprint density at radius 2 is 2.17 bits per heavy atom. The molecule has 0 bridgehead atoms. The van der Waals surface area contributed by atoms with E-state index in [9.17, 15) is 4.79 Å². The molecular formula is C8H13NO2S. The van der Waals surface area contributed by atoms with Crippen molar-refractivity contribution in [1.82, 2.24) is 0 Å². The maximum absolute atomic E-state index is 11.1. The molecule has 3 nitrogen and oxygen atoms in total. The predicted molar refractivity (Wildman–Crippen MR) is 52.8 cm³/mol. The van der Waals surface area contributed by atoms with Gasteiger partial charge in [0.25, 0.3) is 0 Å². The minimum atomic E-state index is -0.436. The van der Waals surface area contributed by atoms with Gasteiger partial charge < -0.3 is 4.74 Å². The number of aliphatic imine (C=N–C) groups is 1. The summed E-state index contributed by atoms with van der Waals surface area (Å²) in [7, 11) is 1.35. The van der Waals surface area contributed by atoms with Crippen molar-refractivity contribution in [2.75, 3.05) is 7.11 Å². The molecule has 0 aliphatic heterocycles. The Balaban J connectivity index is 4.32. The third-order valence-electron chi connectivity index (χ3n) is 1.38. The van der Waals surface area contributed by atoms with Crippen molar-refractivity contribution in [2.45, 2.75) is 19.9 Å². The van der Waals surface area contributed by atoms with Crippen LogP contribution in [0.2, 0.25) is 0 Å². The lowest BCUT2D eigenvalue weighted by atomic mass is 10.1. The highest BCUT2D eigenvalue weighted by Crippen LogP contribution is 2.07. The van der Waals surface area contributed by atoms with Crippen molar-refractivity contribution in [3.63, 3.8) is 0 Å². The first-order valence-corrected chi connectivity index (χ1v) is 4.15. The molecule has 0 saturated heterocycles. The number of carbonyl (C=O) groups excluding carboxylic acids is 1. The summed E-state index contributed by atoms with van der Waals surface area (Å²) in [5.41, 5.74) is 0. The molecule has 0 aliphatic carbocycles. The lowest BCUT2D eigenvalue weighted by molar-refractivity contribution is -0.143. The topological polar surface area (TPSA) is 38.7 Å². The third kappa shape index (κ3) is 3.57. The number of thiocarbonyl (C=S) groups is 1. The summed E-state index contributed by atoms with van der Waals surface area (Å²) in [5, 5.41) is 1.37. The first kappa shape index (κ1) is 11.2. The summed E-state index contributed by atoms with van der Waals surface area (Å²) in [6, 6.07) is -0.436. The fourth-order valence-corrected chi connectivity index (χ4v) is 0.824. The van der Waals surface area contributed by atoms with Gasteiger partial charge in [-0.3, -0.25) is 4.99 Å². The first-order valence-electron chi connectivity index (χ1n) is 3.68. The van der Waals surface area contributed by atoms with Crippen LogP contribution in [-0.4, -0.2) is 30.7 Å². The molecule has 0 amide bonds. The Morgan fingerprint density at radius 1 is 1.58 bits per heavy atom. The molecule has 0 aliphatic rings. The number of esters is 1. The normalized spacial score (nSPS) is 13.3. The van der Waals surface area contributed by atoms with E-state index in [0.717, 1.165) is 0 Å². The maximum atomic E-state index is 11.1. The van der Waals surface area contributed by atoms with Gasteiger partial charge in [0.15, 0.2) is 0 Å². The maximum Gasteiger partial charge on any atom is 0.330 e. The highest BCUT2D eigenvalue weighted by Gasteiger charge is 2.20. The average Bonchev–Trinajstić information content (AvgIpc) is 2.04. The standard InChI is InChI=1S/C8H13NO2S/c1-6(2)7(8(10)11-3)9-4-5-12/h4-7H,1-3H3. The predicted octanol–water partition coefficient (Wildman–Crippen LogP) is 1.25. The quantitative estimate of drug-likeness (QED) is 0.378. The lowest BCUT2D eigenvalue weighted by Gasteiger charge is -2.12. The molecule has 12 heavy (non-hydrogen) atoms. The SMILES string of the molecule is COC(=O)C(N=CC=S)C(C)C. The van der Waals surface area contributed by atoms with Crippen molar-refractivity contribution in [1.29, 1.82) is 0 Å². The number of nitrogens with zero attached hydrogens (tertiary/aromatic N) is 1. The van der Waals surface area contributed by atoms with Crippen LogP contribution < -0.4 is 0 Å². The summed E-state index contributed by atoms with van der Waals surface area (Å²) in [5.74, 6) is -0.193. The van der Waals surface area contributed by atoms with Crippen LogP contribution in [0.25, 0.3) is 0 Å². The summed E-state index contributed by atoms with van der Waals surface area (Å²) in [4.78, 5) is 15.0. The van der Waals surface area contributed by atoms with E-state index in [4.69, 9.17) is 0 Å². The van der Waals surface area contributed by atoms with Gasteiger partial charge in [-0.1, -0.05) is 26.1 Å². The molecule has 1 atom stereocenters. The molecule has 0 aromatic carbocycles. The molecule has 68 valence electrons. The van der Waals surface area contributed by atoms with Crippen LogP contribution in [0.5, 0.6) is 0 Å². The number of rotatable bonds is 4. The zero-order valence-corrected chi connectivity index (χ0v) is 8.30. The van der Waals surface area contributed by atoms with Crippen molar-refractivity contribution < 1.29 is 9.53 Å². The van der Waals surface area contributed by atoms with Crippen LogP contribution in [0, 0.1) is 5.92 Å². The van der Waals surface area contributed by atoms with E-state index in [1.807, 2.05) is 13.8 Å². The summed E-state index contributed by atoms with van der Waals surface area (Å²) >= 11 is 4.55. The molecule has 0 saturated carbocycles. The Kier molecular flexibility index (Phi) is 5.45. The van der Waals surface area contributed by atoms with E-state index in [1.54, 1.807) is 0 Å². The van der Waals surface area contributed by atoms with Gasteiger partial charge in [-0.25, -0.2) is 4.79 Å². The van der Waals surface area contributed by atoms with Gasteiger partial charge in [0.2, 0.25) is 0 Å². The van der Waals surface area contributed by atoms with Gasteiger partial charge in [0.1, 0.15) is 6.04 Å². The fourth-order valence-electron chi connectivity index (χ4n) is 0.754. The van der Waals surface area contributed by atoms with E-state index in [-0.39, 0.29) is 11.9 Å². The third-order valence-corrected chi connectivity index (χ3v) is 1.50. The van der Waals surface area contributed by atoms with Gasteiger partial charge in [0, 0.05) is 11.6 Å². The number of ether oxygens (including phenoxy) is 1. The van der Waals surface area contributed by atoms with E-state index in [2.05, 4.69) is 21.9 Å². The molecule has 0 aromatic heterocycles. The molecule has 0 spiro atoms. The second kappa shape index (κ2) is 5.83. The zero-order valence-electron chi connectivity index (χ0n) is 7.48. The molecule has 0 radical (unpaired) electrons. The van der Waals surface area contributed by atoms with Crippen LogP contribution in [0.3, 0.4) is 0 Å². The van der Waals surface area contributed by atoms with Gasteiger partial charge in [-0.05, 0) is 5.92 Å². The summed E-state index contributed by atoms with van der Waals surface area (Å²) < 4.78 is 4.57. The van der Waals surface area contributed by atoms with Crippen molar-refractivity contribution in [2.24, 2.45) is 10.9 Å². The molecule has 0 aromatic rings. The van der Waals surface area contributed by atoms with Crippen LogP contribution in [0.15, 0.2) is 4.99 Å². The van der Waals surface area contributed by atoms with Crippen LogP contribution in [-0.2, 0) is 9.53 Å². The highest BCUT2D eigenvalue weighted by atomic mass is 32.1. The van der Waals surface area contributed by atoms with Crippen LogP contribution in [0.4, 0.5) is 0 Å². The van der Waals surface area contributed by atoms with Gasteiger partial charge in [-0.2, -0.15) is 0 Å². The summed E-state index contributed by atoms with van der Waals surface area (Å²) in [6.45, 7) is 3.81. The second-order valence-electron chi connectivity index (χ2n) is 2.65. The Hall–Kier alpha value is -0.770. The molecule has 0 rings (SSSR count). The monoisotopic (exact) mass is 187 g/mol. The number of hydrogen-bond acceptors (Lipinski definition) is 4. The van der Waals surface area contributed by atoms with E-state index >= 15 is 0 Å². The van der Waals surface area contributed by atoms with Gasteiger partial charge in [-0.15, -0.1) is 0 Å². The van der Waals surface area contributed by atoms with Crippen molar-refractivity contribution >= 4 is 29.8 Å². The highest BCUT2D eigenvalue weighted by molar-refractivity contribution is 7.80. The van der Waals surface area contributed by atoms with E-state index < -0.39 is 6.04 Å². The fraction of sp³-hybridized carbons (Fsp3) is 0.625. The second-order valence-corrected chi connectivity index (χ2v) is 2.92. The Morgan fingerprint density at radius 3 is 2.50 bits per heavy atom. The Bertz CT molecular complexity index is 189. The van der Waals surface area contributed by atoms with E-state index in [1.165, 1.54) is 18.7 Å². The minimum Gasteiger partial charge on any atom is -0.467 e. The number of hydrogen-bond donors (Lipinski definition) is 0. The minimum absolute atomic E-state index is 0.128. The van der Waals surface area contributed by atoms with Crippen LogP contribution in [0.1, 0.15) is 13.8 Å². The molecule has 0 fully saturated rings. The molecule has 0 N–H and O–H groups in total. The summed E-state index contributed by atoms with van der Waals surface area (Å²) in [6.07, 6.45) is 1.44. The molecule has 0 heterocycles. The lowest BCUT2D eigenvalue weighted by Crippen LogP contribution is -2.25. The Labute approximate surface area is 77.8 Å². The van der Waals surface area contributed by atoms with E-state index in [0.29, 0.717) is 0 Å². The van der Waals surface area contributed by atoms with Crippen molar-refractivity contribution in [3.8, 4) is 0 Å². The smallest absolute Gasteiger partial charge is 0.330 e.